The first kappa shape index (κ1) is 21.3. The summed E-state index contributed by atoms with van der Waals surface area (Å²) in [6, 6.07) is 26.4. The van der Waals surface area contributed by atoms with Gasteiger partial charge in [-0.05, 0) is 67.1 Å². The van der Waals surface area contributed by atoms with Crippen LogP contribution in [-0.4, -0.2) is 20.9 Å². The molecule has 0 aliphatic rings. The number of carbonyl (C=O) groups is 1. The number of pyridine rings is 1. The predicted octanol–water partition coefficient (Wildman–Crippen LogP) is 5.83. The topological polar surface area (TPSA) is 77.0 Å². The zero-order chi connectivity index (χ0) is 23.3. The van der Waals surface area contributed by atoms with E-state index >= 15 is 0 Å². The molecule has 0 spiro atoms. The smallest absolute Gasteiger partial charge is 0.255 e. The normalized spacial score (nSPS) is 10.7. The highest BCUT2D eigenvalue weighted by atomic mass is 16.5. The Morgan fingerprint density at radius 2 is 1.68 bits per heavy atom. The second-order valence-electron chi connectivity index (χ2n) is 7.86. The molecule has 0 fully saturated rings. The fourth-order valence-corrected chi connectivity index (χ4v) is 3.55. The van der Waals surface area contributed by atoms with E-state index in [1.54, 1.807) is 36.7 Å². The predicted molar refractivity (Wildman–Crippen MR) is 133 cm³/mol. The van der Waals surface area contributed by atoms with E-state index in [1.165, 1.54) is 0 Å². The Balaban J connectivity index is 1.30. The van der Waals surface area contributed by atoms with Gasteiger partial charge in [0.25, 0.3) is 5.91 Å². The molecule has 166 valence electrons. The molecule has 5 rings (SSSR count). The van der Waals surface area contributed by atoms with Crippen LogP contribution in [0.5, 0.6) is 5.75 Å². The van der Waals surface area contributed by atoms with Crippen molar-refractivity contribution in [1.82, 2.24) is 15.0 Å². The molecule has 0 bridgehead atoms. The van der Waals surface area contributed by atoms with Crippen molar-refractivity contribution in [2.24, 2.45) is 0 Å². The van der Waals surface area contributed by atoms with Gasteiger partial charge < -0.3 is 10.1 Å². The zero-order valence-corrected chi connectivity index (χ0v) is 18.6. The van der Waals surface area contributed by atoms with Gasteiger partial charge in [-0.25, -0.2) is 4.98 Å². The lowest BCUT2D eigenvalue weighted by Gasteiger charge is -2.11. The van der Waals surface area contributed by atoms with Crippen LogP contribution in [0.15, 0.2) is 97.3 Å². The molecule has 6 nitrogen and oxygen atoms in total. The number of para-hydroxylation sites is 2. The fraction of sp³-hybridized carbons (Fsp3) is 0.0714. The number of benzene rings is 3. The third-order valence-corrected chi connectivity index (χ3v) is 5.46. The molecule has 34 heavy (non-hydrogen) atoms. The van der Waals surface area contributed by atoms with Gasteiger partial charge >= 0.3 is 0 Å². The van der Waals surface area contributed by atoms with Gasteiger partial charge in [0.1, 0.15) is 12.4 Å². The van der Waals surface area contributed by atoms with Crippen LogP contribution < -0.4 is 10.1 Å². The molecule has 1 N–H and O–H groups in total. The highest BCUT2D eigenvalue weighted by Crippen LogP contribution is 2.26. The van der Waals surface area contributed by atoms with Crippen LogP contribution in [0.4, 0.5) is 5.69 Å². The molecule has 0 radical (unpaired) electrons. The van der Waals surface area contributed by atoms with Gasteiger partial charge in [-0.1, -0.05) is 30.3 Å². The molecule has 2 heterocycles. The monoisotopic (exact) mass is 446 g/mol. The summed E-state index contributed by atoms with van der Waals surface area (Å²) in [7, 11) is 0. The Labute approximate surface area is 197 Å². The van der Waals surface area contributed by atoms with Crippen LogP contribution in [0.1, 0.15) is 21.6 Å². The van der Waals surface area contributed by atoms with Crippen LogP contribution in [0.3, 0.4) is 0 Å². The minimum atomic E-state index is -0.193. The molecule has 0 unspecified atom stereocenters. The molecule has 5 aromatic rings. The van der Waals surface area contributed by atoms with Crippen molar-refractivity contribution in [3.05, 3.63) is 114 Å². The minimum Gasteiger partial charge on any atom is -0.487 e. The number of hydrogen-bond acceptors (Lipinski definition) is 5. The maximum Gasteiger partial charge on any atom is 0.255 e. The van der Waals surface area contributed by atoms with Crippen LogP contribution >= 0.6 is 0 Å². The Morgan fingerprint density at radius 1 is 0.882 bits per heavy atom. The Bertz CT molecular complexity index is 1450. The van der Waals surface area contributed by atoms with Gasteiger partial charge in [0.15, 0.2) is 0 Å². The number of nitrogens with zero attached hydrogens (tertiary/aromatic N) is 3. The Hall–Kier alpha value is -4.58. The highest BCUT2D eigenvalue weighted by molar-refractivity contribution is 6.05. The van der Waals surface area contributed by atoms with Crippen molar-refractivity contribution < 1.29 is 9.53 Å². The molecule has 6 heteroatoms. The summed E-state index contributed by atoms with van der Waals surface area (Å²) in [6.07, 6.45) is 3.48. The van der Waals surface area contributed by atoms with E-state index in [1.807, 2.05) is 67.6 Å². The molecule has 0 aliphatic heterocycles. The number of aryl methyl sites for hydroxylation is 1. The van der Waals surface area contributed by atoms with Gasteiger partial charge in [0.05, 0.1) is 28.6 Å². The molecule has 3 aromatic carbocycles. The number of carbonyl (C=O) groups excluding carboxylic acids is 1. The summed E-state index contributed by atoms with van der Waals surface area (Å²) < 4.78 is 5.75. The number of fused-ring (bicyclic) bond motifs is 1. The molecule has 0 saturated carbocycles. The number of aromatic nitrogens is 3. The molecule has 2 aromatic heterocycles. The van der Waals surface area contributed by atoms with Gasteiger partial charge in [-0.15, -0.1) is 0 Å². The van der Waals surface area contributed by atoms with Crippen LogP contribution in [0.25, 0.3) is 22.3 Å². The maximum atomic E-state index is 12.9. The first-order valence-electron chi connectivity index (χ1n) is 10.9. The van der Waals surface area contributed by atoms with E-state index in [0.717, 1.165) is 39.2 Å². The number of nitrogens with one attached hydrogen (secondary N) is 1. The van der Waals surface area contributed by atoms with Crippen molar-refractivity contribution in [3.63, 3.8) is 0 Å². The quantitative estimate of drug-likeness (QED) is 0.355. The molecule has 0 saturated heterocycles. The summed E-state index contributed by atoms with van der Waals surface area (Å²) in [5.74, 6) is 0.483. The van der Waals surface area contributed by atoms with Crippen LogP contribution in [-0.2, 0) is 6.61 Å². The third-order valence-electron chi connectivity index (χ3n) is 5.46. The second kappa shape index (κ2) is 9.50. The summed E-state index contributed by atoms with van der Waals surface area (Å²) in [4.78, 5) is 26.3. The average Bonchev–Trinajstić information content (AvgIpc) is 2.89. The molecular formula is C28H22N4O2. The van der Waals surface area contributed by atoms with E-state index in [9.17, 15) is 4.79 Å². The fourth-order valence-electron chi connectivity index (χ4n) is 3.55. The summed E-state index contributed by atoms with van der Waals surface area (Å²) in [6.45, 7) is 2.33. The number of rotatable bonds is 6. The van der Waals surface area contributed by atoms with Crippen molar-refractivity contribution in [2.45, 2.75) is 13.5 Å². The number of anilines is 1. The second-order valence-corrected chi connectivity index (χ2v) is 7.86. The average molecular weight is 447 g/mol. The molecular weight excluding hydrogens is 424 g/mol. The molecule has 1 amide bonds. The lowest BCUT2D eigenvalue weighted by Crippen LogP contribution is -2.12. The first-order valence-corrected chi connectivity index (χ1v) is 10.9. The summed E-state index contributed by atoms with van der Waals surface area (Å²) in [5, 5.41) is 3.01. The third kappa shape index (κ3) is 4.76. The standard InChI is InChI=1S/C28H22N4O2/c1-19-9-10-21(27-17-30-24-7-2-3-8-25(24)31-27)16-26(19)32-28(33)20-11-13-23(14-12-20)34-18-22-6-4-5-15-29-22/h2-17H,18H2,1H3,(H,32,33). The number of hydrogen-bond donors (Lipinski definition) is 1. The largest absolute Gasteiger partial charge is 0.487 e. The Kier molecular flexibility index (Phi) is 5.95. The van der Waals surface area contributed by atoms with Crippen LogP contribution in [0, 0.1) is 6.92 Å². The van der Waals surface area contributed by atoms with E-state index in [0.29, 0.717) is 17.9 Å². The molecule has 0 aliphatic carbocycles. The van der Waals surface area contributed by atoms with Gasteiger partial charge in [-0.2, -0.15) is 0 Å². The van der Waals surface area contributed by atoms with Gasteiger partial charge in [0.2, 0.25) is 0 Å². The lowest BCUT2D eigenvalue weighted by atomic mass is 10.1. The summed E-state index contributed by atoms with van der Waals surface area (Å²) in [5.41, 5.74) is 6.39. The van der Waals surface area contributed by atoms with Crippen molar-refractivity contribution in [1.29, 1.82) is 0 Å². The number of ether oxygens (including phenoxy) is 1. The van der Waals surface area contributed by atoms with E-state index in [2.05, 4.69) is 15.3 Å². The maximum absolute atomic E-state index is 12.9. The van der Waals surface area contributed by atoms with E-state index < -0.39 is 0 Å². The minimum absolute atomic E-state index is 0.193. The SMILES string of the molecule is Cc1ccc(-c2cnc3ccccc3n2)cc1NC(=O)c1ccc(OCc2ccccn2)cc1. The lowest BCUT2D eigenvalue weighted by molar-refractivity contribution is 0.102. The van der Waals surface area contributed by atoms with Crippen molar-refractivity contribution in [2.75, 3.05) is 5.32 Å². The van der Waals surface area contributed by atoms with Crippen molar-refractivity contribution in [3.8, 4) is 17.0 Å². The van der Waals surface area contributed by atoms with Gasteiger partial charge in [-0.3, -0.25) is 14.8 Å². The van der Waals surface area contributed by atoms with E-state index in [4.69, 9.17) is 9.72 Å². The zero-order valence-electron chi connectivity index (χ0n) is 18.6. The highest BCUT2D eigenvalue weighted by Gasteiger charge is 2.11. The Morgan fingerprint density at radius 3 is 2.47 bits per heavy atom. The summed E-state index contributed by atoms with van der Waals surface area (Å²) >= 11 is 0. The van der Waals surface area contributed by atoms with Gasteiger partial charge in [0, 0.05) is 23.0 Å². The van der Waals surface area contributed by atoms with E-state index in [-0.39, 0.29) is 5.91 Å². The van der Waals surface area contributed by atoms with Crippen molar-refractivity contribution >= 4 is 22.6 Å². The number of amides is 1. The van der Waals surface area contributed by atoms with Crippen LogP contribution in [0.2, 0.25) is 0 Å². The first-order chi connectivity index (χ1) is 16.7. The molecule has 0 atom stereocenters.